The number of piperidine rings is 1. The largest absolute Gasteiger partial charge is 0.465 e. The van der Waals surface area contributed by atoms with Crippen molar-refractivity contribution in [3.63, 3.8) is 0 Å². The van der Waals surface area contributed by atoms with E-state index in [1.54, 1.807) is 20.8 Å². The number of hydrogen-bond donors (Lipinski definition) is 1. The standard InChI is InChI=1S/C11H17NO5/c1-11(2,3)17-9(14)7-6-12(10(15)16)5-4-8(7)13/h7H,4-6H2,1-3H3,(H,15,16). The SMILES string of the molecule is CC(C)(C)OC(=O)C1CN(C(=O)O)CCC1=O. The van der Waals surface area contributed by atoms with Crippen LogP contribution in [0.2, 0.25) is 0 Å². The molecule has 0 aromatic heterocycles. The molecule has 0 spiro atoms. The van der Waals surface area contributed by atoms with Crippen molar-refractivity contribution in [2.24, 2.45) is 5.92 Å². The molecule has 6 nitrogen and oxygen atoms in total. The van der Waals surface area contributed by atoms with Gasteiger partial charge in [-0.3, -0.25) is 9.59 Å². The van der Waals surface area contributed by atoms with Crippen LogP contribution in [0.1, 0.15) is 27.2 Å². The van der Waals surface area contributed by atoms with Crippen molar-refractivity contribution in [3.8, 4) is 0 Å². The zero-order valence-electron chi connectivity index (χ0n) is 10.2. The number of carboxylic acid groups (broad SMARTS) is 1. The van der Waals surface area contributed by atoms with E-state index in [0.29, 0.717) is 0 Å². The maximum atomic E-state index is 11.7. The van der Waals surface area contributed by atoms with Crippen molar-refractivity contribution >= 4 is 17.8 Å². The minimum Gasteiger partial charge on any atom is -0.465 e. The first-order chi connectivity index (χ1) is 7.70. The molecule has 0 aromatic rings. The molecule has 17 heavy (non-hydrogen) atoms. The molecule has 1 aliphatic rings. The molecular weight excluding hydrogens is 226 g/mol. The quantitative estimate of drug-likeness (QED) is 0.546. The van der Waals surface area contributed by atoms with Gasteiger partial charge in [-0.2, -0.15) is 0 Å². The summed E-state index contributed by atoms with van der Waals surface area (Å²) < 4.78 is 5.10. The first kappa shape index (κ1) is 13.5. The van der Waals surface area contributed by atoms with Crippen molar-refractivity contribution < 1.29 is 24.2 Å². The fraction of sp³-hybridized carbons (Fsp3) is 0.727. The van der Waals surface area contributed by atoms with Gasteiger partial charge in [-0.25, -0.2) is 4.79 Å². The third kappa shape index (κ3) is 3.72. The second-order valence-corrected chi connectivity index (χ2v) is 5.03. The Hall–Kier alpha value is -1.59. The van der Waals surface area contributed by atoms with E-state index in [1.807, 2.05) is 0 Å². The van der Waals surface area contributed by atoms with E-state index in [9.17, 15) is 14.4 Å². The van der Waals surface area contributed by atoms with Gasteiger partial charge in [0.25, 0.3) is 0 Å². The first-order valence-electron chi connectivity index (χ1n) is 5.44. The molecule has 6 heteroatoms. The summed E-state index contributed by atoms with van der Waals surface area (Å²) in [5.41, 5.74) is -0.678. The van der Waals surface area contributed by atoms with Crippen molar-refractivity contribution in [1.29, 1.82) is 0 Å². The van der Waals surface area contributed by atoms with Crippen LogP contribution in [0.25, 0.3) is 0 Å². The summed E-state index contributed by atoms with van der Waals surface area (Å²) >= 11 is 0. The van der Waals surface area contributed by atoms with Gasteiger partial charge in [0.2, 0.25) is 0 Å². The van der Waals surface area contributed by atoms with Crippen LogP contribution in [0.15, 0.2) is 0 Å². The minimum absolute atomic E-state index is 0.0657. The molecule has 1 amide bonds. The monoisotopic (exact) mass is 243 g/mol. The number of Topliss-reactive ketones (excluding diaryl/α,β-unsaturated/α-hetero) is 1. The fourth-order valence-electron chi connectivity index (χ4n) is 1.59. The van der Waals surface area contributed by atoms with E-state index in [0.717, 1.165) is 4.90 Å². The van der Waals surface area contributed by atoms with E-state index < -0.39 is 23.6 Å². The van der Waals surface area contributed by atoms with Crippen LogP contribution in [-0.4, -0.2) is 46.5 Å². The predicted octanol–water partition coefficient (Wildman–Crippen LogP) is 0.897. The molecule has 0 aromatic carbocycles. The number of likely N-dealkylation sites (tertiary alicyclic amines) is 1. The average molecular weight is 243 g/mol. The molecule has 1 N–H and O–H groups in total. The summed E-state index contributed by atoms with van der Waals surface area (Å²) in [6, 6.07) is 0. The van der Waals surface area contributed by atoms with Crippen LogP contribution in [0, 0.1) is 5.92 Å². The summed E-state index contributed by atoms with van der Waals surface area (Å²) in [6.45, 7) is 5.14. The lowest BCUT2D eigenvalue weighted by atomic mass is 9.96. The summed E-state index contributed by atoms with van der Waals surface area (Å²) in [5, 5.41) is 8.82. The number of carbonyl (C=O) groups excluding carboxylic acids is 2. The molecule has 0 bridgehead atoms. The molecule has 1 atom stereocenters. The van der Waals surface area contributed by atoms with Gasteiger partial charge in [0.15, 0.2) is 5.78 Å². The van der Waals surface area contributed by atoms with Gasteiger partial charge >= 0.3 is 12.1 Å². The fourth-order valence-corrected chi connectivity index (χ4v) is 1.59. The van der Waals surface area contributed by atoms with E-state index in [-0.39, 0.29) is 25.3 Å². The van der Waals surface area contributed by atoms with Crippen molar-refractivity contribution in [2.45, 2.75) is 32.8 Å². The van der Waals surface area contributed by atoms with Crippen LogP contribution in [0.5, 0.6) is 0 Å². The van der Waals surface area contributed by atoms with Crippen molar-refractivity contribution in [2.75, 3.05) is 13.1 Å². The molecule has 0 radical (unpaired) electrons. The highest BCUT2D eigenvalue weighted by Crippen LogP contribution is 2.18. The maximum absolute atomic E-state index is 11.7. The molecule has 1 saturated heterocycles. The number of amides is 1. The van der Waals surface area contributed by atoms with Gasteiger partial charge < -0.3 is 14.7 Å². The average Bonchev–Trinajstić information content (AvgIpc) is 2.14. The topological polar surface area (TPSA) is 83.9 Å². The second kappa shape index (κ2) is 4.73. The summed E-state index contributed by atoms with van der Waals surface area (Å²) in [4.78, 5) is 35.1. The van der Waals surface area contributed by atoms with Gasteiger partial charge in [-0.1, -0.05) is 0 Å². The van der Waals surface area contributed by atoms with Crippen LogP contribution in [-0.2, 0) is 14.3 Å². The van der Waals surface area contributed by atoms with Gasteiger partial charge in [0.1, 0.15) is 11.5 Å². The Balaban J connectivity index is 2.70. The Morgan fingerprint density at radius 3 is 2.47 bits per heavy atom. The van der Waals surface area contributed by atoms with Crippen LogP contribution >= 0.6 is 0 Å². The van der Waals surface area contributed by atoms with Crippen molar-refractivity contribution in [3.05, 3.63) is 0 Å². The zero-order chi connectivity index (χ0) is 13.2. The molecular formula is C11H17NO5. The van der Waals surface area contributed by atoms with E-state index >= 15 is 0 Å². The van der Waals surface area contributed by atoms with E-state index in [1.165, 1.54) is 0 Å². The highest BCUT2D eigenvalue weighted by atomic mass is 16.6. The summed E-state index contributed by atoms with van der Waals surface area (Å²) in [6.07, 6.45) is -1.05. The van der Waals surface area contributed by atoms with Crippen molar-refractivity contribution in [1.82, 2.24) is 4.90 Å². The van der Waals surface area contributed by atoms with Crippen LogP contribution in [0.4, 0.5) is 4.79 Å². The lowest BCUT2D eigenvalue weighted by Crippen LogP contribution is -2.47. The predicted molar refractivity (Wildman–Crippen MR) is 58.6 cm³/mol. The second-order valence-electron chi connectivity index (χ2n) is 5.03. The minimum atomic E-state index is -1.12. The molecule has 1 aliphatic heterocycles. The molecule has 0 saturated carbocycles. The number of ether oxygens (including phenoxy) is 1. The number of ketones is 1. The molecule has 1 rings (SSSR count). The molecule has 1 fully saturated rings. The maximum Gasteiger partial charge on any atom is 0.407 e. The normalized spacial score (nSPS) is 21.2. The highest BCUT2D eigenvalue weighted by Gasteiger charge is 2.37. The Morgan fingerprint density at radius 2 is 2.00 bits per heavy atom. The van der Waals surface area contributed by atoms with Gasteiger partial charge in [0.05, 0.1) is 0 Å². The molecule has 1 heterocycles. The Kier molecular flexibility index (Phi) is 3.75. The molecule has 0 aliphatic carbocycles. The number of esters is 1. The summed E-state index contributed by atoms with van der Waals surface area (Å²) in [7, 11) is 0. The zero-order valence-corrected chi connectivity index (χ0v) is 10.2. The smallest absolute Gasteiger partial charge is 0.407 e. The number of rotatable bonds is 1. The van der Waals surface area contributed by atoms with Gasteiger partial charge in [-0.15, -0.1) is 0 Å². The lowest BCUT2D eigenvalue weighted by molar-refractivity contribution is -0.163. The van der Waals surface area contributed by atoms with Crippen LogP contribution in [0.3, 0.4) is 0 Å². The van der Waals surface area contributed by atoms with E-state index in [4.69, 9.17) is 9.84 Å². The molecule has 96 valence electrons. The third-order valence-corrected chi connectivity index (χ3v) is 2.38. The number of nitrogens with zero attached hydrogens (tertiary/aromatic N) is 1. The van der Waals surface area contributed by atoms with Gasteiger partial charge in [-0.05, 0) is 20.8 Å². The first-order valence-corrected chi connectivity index (χ1v) is 5.44. The molecule has 1 unspecified atom stereocenters. The third-order valence-electron chi connectivity index (χ3n) is 2.38. The lowest BCUT2D eigenvalue weighted by Gasteiger charge is -2.30. The number of hydrogen-bond acceptors (Lipinski definition) is 4. The highest BCUT2D eigenvalue weighted by molar-refractivity contribution is 6.00. The van der Waals surface area contributed by atoms with Crippen LogP contribution < -0.4 is 0 Å². The number of carbonyl (C=O) groups is 3. The Bertz CT molecular complexity index is 344. The Labute approximate surface area is 99.5 Å². The van der Waals surface area contributed by atoms with E-state index in [2.05, 4.69) is 0 Å². The summed E-state index contributed by atoms with van der Waals surface area (Å²) in [5.74, 6) is -1.88. The van der Waals surface area contributed by atoms with Gasteiger partial charge in [0, 0.05) is 19.5 Å². The Morgan fingerprint density at radius 1 is 1.41 bits per heavy atom.